The first-order valence-corrected chi connectivity index (χ1v) is 7.03. The molecule has 2 N–H and O–H groups in total. The number of hydrogen-bond donors (Lipinski definition) is 1. The molecule has 0 aliphatic carbocycles. The van der Waals surface area contributed by atoms with Crippen molar-refractivity contribution in [1.82, 2.24) is 0 Å². The second kappa shape index (κ2) is 5.01. The second-order valence-electron chi connectivity index (χ2n) is 6.75. The summed E-state index contributed by atoms with van der Waals surface area (Å²) in [5.41, 5.74) is 8.73. The van der Waals surface area contributed by atoms with Crippen LogP contribution < -0.4 is 5.73 Å². The third-order valence-electron chi connectivity index (χ3n) is 4.21. The first-order valence-electron chi connectivity index (χ1n) is 7.03. The number of benzene rings is 1. The number of hydrogen-bond acceptors (Lipinski definition) is 2. The van der Waals surface area contributed by atoms with Gasteiger partial charge in [-0.1, -0.05) is 45.9 Å². The summed E-state index contributed by atoms with van der Waals surface area (Å²) < 4.78 is 5.95. The Kier molecular flexibility index (Phi) is 3.73. The normalized spacial score (nSPS) is 15.7. The van der Waals surface area contributed by atoms with Gasteiger partial charge in [0.15, 0.2) is 0 Å². The highest BCUT2D eigenvalue weighted by molar-refractivity contribution is 5.80. The minimum absolute atomic E-state index is 0.0268. The molecule has 0 aliphatic heterocycles. The van der Waals surface area contributed by atoms with Crippen LogP contribution in [0.15, 0.2) is 28.7 Å². The average Bonchev–Trinajstić information content (AvgIpc) is 2.73. The molecular formula is C17H25NO. The van der Waals surface area contributed by atoms with E-state index in [9.17, 15) is 0 Å². The number of fused-ring (bicyclic) bond motifs is 1. The Bertz CT molecular complexity index is 562. The molecular weight excluding hydrogens is 234 g/mol. The maximum absolute atomic E-state index is 6.31. The van der Waals surface area contributed by atoms with E-state index in [0.29, 0.717) is 5.92 Å². The van der Waals surface area contributed by atoms with Gasteiger partial charge in [-0.3, -0.25) is 0 Å². The molecule has 0 radical (unpaired) electrons. The smallest absolute Gasteiger partial charge is 0.137 e. The molecule has 2 heteroatoms. The van der Waals surface area contributed by atoms with Crippen LogP contribution in [0.2, 0.25) is 0 Å². The molecule has 0 bridgehead atoms. The molecule has 2 atom stereocenters. The van der Waals surface area contributed by atoms with Crippen LogP contribution in [0, 0.1) is 18.3 Å². The maximum Gasteiger partial charge on any atom is 0.137 e. The lowest BCUT2D eigenvalue weighted by molar-refractivity contribution is 0.228. The van der Waals surface area contributed by atoms with Gasteiger partial charge in [0.1, 0.15) is 11.3 Å². The van der Waals surface area contributed by atoms with E-state index in [1.807, 2.05) is 0 Å². The van der Waals surface area contributed by atoms with E-state index in [-0.39, 0.29) is 11.5 Å². The number of para-hydroxylation sites is 1. The van der Waals surface area contributed by atoms with Crippen molar-refractivity contribution >= 4 is 11.0 Å². The fourth-order valence-corrected chi connectivity index (χ4v) is 2.26. The average molecular weight is 259 g/mol. The number of rotatable bonds is 3. The van der Waals surface area contributed by atoms with Crippen LogP contribution >= 0.6 is 0 Å². The van der Waals surface area contributed by atoms with Gasteiger partial charge in [0.2, 0.25) is 0 Å². The molecule has 2 rings (SSSR count). The van der Waals surface area contributed by atoms with Crippen LogP contribution in [0.4, 0.5) is 0 Å². The fourth-order valence-electron chi connectivity index (χ4n) is 2.26. The lowest BCUT2D eigenvalue weighted by Gasteiger charge is -2.28. The monoisotopic (exact) mass is 259 g/mol. The molecule has 0 aliphatic rings. The van der Waals surface area contributed by atoms with Crippen molar-refractivity contribution < 1.29 is 4.42 Å². The Morgan fingerprint density at radius 1 is 1.26 bits per heavy atom. The largest absolute Gasteiger partial charge is 0.459 e. The summed E-state index contributed by atoms with van der Waals surface area (Å²) in [7, 11) is 0. The van der Waals surface area contributed by atoms with Crippen LogP contribution in [0.3, 0.4) is 0 Å². The second-order valence-corrected chi connectivity index (χ2v) is 6.75. The highest BCUT2D eigenvalue weighted by Crippen LogP contribution is 2.34. The van der Waals surface area contributed by atoms with Crippen LogP contribution in [0.1, 0.15) is 51.5 Å². The van der Waals surface area contributed by atoms with E-state index in [1.165, 1.54) is 5.56 Å². The Morgan fingerprint density at radius 2 is 1.95 bits per heavy atom. The number of nitrogens with two attached hydrogens (primary N) is 1. The molecule has 1 heterocycles. The Hall–Kier alpha value is -1.28. The van der Waals surface area contributed by atoms with Crippen molar-refractivity contribution in [3.63, 3.8) is 0 Å². The zero-order chi connectivity index (χ0) is 14.2. The van der Waals surface area contributed by atoms with Gasteiger partial charge in [0.25, 0.3) is 0 Å². The number of furan rings is 1. The van der Waals surface area contributed by atoms with Gasteiger partial charge >= 0.3 is 0 Å². The molecule has 0 fully saturated rings. The summed E-state index contributed by atoms with van der Waals surface area (Å²) in [5.74, 6) is 1.46. The van der Waals surface area contributed by atoms with E-state index in [4.69, 9.17) is 10.2 Å². The summed E-state index contributed by atoms with van der Waals surface area (Å²) >= 11 is 0. The molecule has 0 spiro atoms. The summed E-state index contributed by atoms with van der Waals surface area (Å²) in [4.78, 5) is 0. The van der Waals surface area contributed by atoms with Gasteiger partial charge in [-0.2, -0.15) is 0 Å². The van der Waals surface area contributed by atoms with E-state index >= 15 is 0 Å². The first kappa shape index (κ1) is 14.1. The number of aryl methyl sites for hydroxylation is 1. The van der Waals surface area contributed by atoms with E-state index in [1.54, 1.807) is 0 Å². The van der Waals surface area contributed by atoms with Crippen LogP contribution in [-0.2, 0) is 0 Å². The molecule has 0 saturated carbocycles. The third kappa shape index (κ3) is 3.01. The fraction of sp³-hybridized carbons (Fsp3) is 0.529. The molecule has 2 aromatic rings. The predicted molar refractivity (Wildman–Crippen MR) is 81.1 cm³/mol. The van der Waals surface area contributed by atoms with Gasteiger partial charge in [0, 0.05) is 5.39 Å². The van der Waals surface area contributed by atoms with Gasteiger partial charge in [-0.05, 0) is 36.3 Å². The molecule has 2 nitrogen and oxygen atoms in total. The van der Waals surface area contributed by atoms with Crippen LogP contribution in [0.25, 0.3) is 11.0 Å². The van der Waals surface area contributed by atoms with E-state index < -0.39 is 0 Å². The van der Waals surface area contributed by atoms with Gasteiger partial charge in [-0.15, -0.1) is 0 Å². The van der Waals surface area contributed by atoms with Gasteiger partial charge < -0.3 is 10.2 Å². The summed E-state index contributed by atoms with van der Waals surface area (Å²) in [6.45, 7) is 11.1. The molecule has 0 saturated heterocycles. The maximum atomic E-state index is 6.31. The first-order chi connectivity index (χ1) is 8.79. The zero-order valence-corrected chi connectivity index (χ0v) is 12.7. The highest BCUT2D eigenvalue weighted by Gasteiger charge is 2.24. The molecule has 104 valence electrons. The molecule has 19 heavy (non-hydrogen) atoms. The van der Waals surface area contributed by atoms with Crippen LogP contribution in [0.5, 0.6) is 0 Å². The predicted octanol–water partition coefficient (Wildman–Crippen LogP) is 4.81. The van der Waals surface area contributed by atoms with Crippen molar-refractivity contribution in [3.05, 3.63) is 35.6 Å². The molecule has 2 unspecified atom stereocenters. The Morgan fingerprint density at radius 3 is 2.53 bits per heavy atom. The Labute approximate surface area is 116 Å². The van der Waals surface area contributed by atoms with Crippen molar-refractivity contribution in [2.45, 2.75) is 47.1 Å². The molecule has 1 aromatic carbocycles. The van der Waals surface area contributed by atoms with Crippen molar-refractivity contribution in [2.24, 2.45) is 17.1 Å². The van der Waals surface area contributed by atoms with E-state index in [2.05, 4.69) is 58.9 Å². The lowest BCUT2D eigenvalue weighted by Crippen LogP contribution is -2.22. The van der Waals surface area contributed by atoms with Crippen molar-refractivity contribution in [1.29, 1.82) is 0 Å². The summed E-state index contributed by atoms with van der Waals surface area (Å²) in [6, 6.07) is 8.26. The highest BCUT2D eigenvalue weighted by atomic mass is 16.3. The lowest BCUT2D eigenvalue weighted by atomic mass is 9.78. The topological polar surface area (TPSA) is 39.2 Å². The van der Waals surface area contributed by atoms with Crippen LogP contribution in [-0.4, -0.2) is 0 Å². The zero-order valence-electron chi connectivity index (χ0n) is 12.7. The minimum Gasteiger partial charge on any atom is -0.459 e. The SMILES string of the molecule is Cc1cccc2cc(C(N)CC(C)C(C)(C)C)oc12. The molecule has 0 amide bonds. The van der Waals surface area contributed by atoms with Crippen molar-refractivity contribution in [2.75, 3.05) is 0 Å². The van der Waals surface area contributed by atoms with Crippen molar-refractivity contribution in [3.8, 4) is 0 Å². The van der Waals surface area contributed by atoms with Gasteiger partial charge in [0.05, 0.1) is 6.04 Å². The molecule has 1 aromatic heterocycles. The summed E-state index contributed by atoms with van der Waals surface area (Å²) in [5, 5.41) is 1.15. The standard InChI is InChI=1S/C17H25NO/c1-11-7-6-8-13-10-15(19-16(11)13)14(18)9-12(2)17(3,4)5/h6-8,10,12,14H,9,18H2,1-5H3. The third-order valence-corrected chi connectivity index (χ3v) is 4.21. The van der Waals surface area contributed by atoms with Gasteiger partial charge in [-0.25, -0.2) is 0 Å². The quantitative estimate of drug-likeness (QED) is 0.858. The Balaban J connectivity index is 2.22. The minimum atomic E-state index is -0.0268. The summed E-state index contributed by atoms with van der Waals surface area (Å²) in [6.07, 6.45) is 0.947. The van der Waals surface area contributed by atoms with E-state index in [0.717, 1.165) is 23.2 Å².